The van der Waals surface area contributed by atoms with Gasteiger partial charge in [-0.25, -0.2) is 0 Å². The molecule has 0 spiro atoms. The summed E-state index contributed by atoms with van der Waals surface area (Å²) in [6.07, 6.45) is 19.2. The first-order valence-corrected chi connectivity index (χ1v) is 10.1. The van der Waals surface area contributed by atoms with Gasteiger partial charge in [0.25, 0.3) is 0 Å². The molecule has 0 fully saturated rings. The Kier molecular flexibility index (Phi) is 13.5. The summed E-state index contributed by atoms with van der Waals surface area (Å²) in [6.45, 7) is 12.2. The zero-order valence-corrected chi connectivity index (χ0v) is 16.7. The second kappa shape index (κ2) is 13.8. The molecule has 0 aliphatic carbocycles. The standard InChI is InChI=1S/C22H43N/c1-6-9-16-22(17-10-7-2,18-11-8-3)21(5)14-12-13-20(4)15-19-23/h14-15H,6-13,16-19,23H2,1-5H3. The van der Waals surface area contributed by atoms with Crippen LogP contribution in [0.15, 0.2) is 23.3 Å². The molecule has 23 heavy (non-hydrogen) atoms. The average molecular weight is 322 g/mol. The topological polar surface area (TPSA) is 26.0 Å². The van der Waals surface area contributed by atoms with Crippen molar-refractivity contribution in [3.05, 3.63) is 23.3 Å². The van der Waals surface area contributed by atoms with Crippen LogP contribution in [-0.4, -0.2) is 6.54 Å². The fourth-order valence-corrected chi connectivity index (χ4v) is 3.55. The Morgan fingerprint density at radius 2 is 1.30 bits per heavy atom. The van der Waals surface area contributed by atoms with Crippen molar-refractivity contribution < 1.29 is 0 Å². The summed E-state index contributed by atoms with van der Waals surface area (Å²) in [5.74, 6) is 0. The van der Waals surface area contributed by atoms with Crippen LogP contribution in [0, 0.1) is 5.41 Å². The maximum absolute atomic E-state index is 5.60. The maximum atomic E-state index is 5.60. The van der Waals surface area contributed by atoms with E-state index in [-0.39, 0.29) is 0 Å². The van der Waals surface area contributed by atoms with E-state index in [2.05, 4.69) is 46.8 Å². The van der Waals surface area contributed by atoms with Crippen molar-refractivity contribution in [3.63, 3.8) is 0 Å². The van der Waals surface area contributed by atoms with Gasteiger partial charge in [0.05, 0.1) is 0 Å². The highest BCUT2D eigenvalue weighted by Gasteiger charge is 2.29. The Labute approximate surface area is 146 Å². The van der Waals surface area contributed by atoms with Crippen molar-refractivity contribution in [1.29, 1.82) is 0 Å². The minimum Gasteiger partial charge on any atom is -0.327 e. The van der Waals surface area contributed by atoms with Gasteiger partial charge < -0.3 is 5.73 Å². The van der Waals surface area contributed by atoms with Crippen LogP contribution >= 0.6 is 0 Å². The van der Waals surface area contributed by atoms with Gasteiger partial charge >= 0.3 is 0 Å². The summed E-state index contributed by atoms with van der Waals surface area (Å²) in [5, 5.41) is 0. The van der Waals surface area contributed by atoms with Crippen molar-refractivity contribution >= 4 is 0 Å². The number of hydrogen-bond donors (Lipinski definition) is 1. The molecule has 0 aromatic carbocycles. The van der Waals surface area contributed by atoms with E-state index in [1.54, 1.807) is 5.57 Å². The zero-order chi connectivity index (χ0) is 17.6. The number of rotatable bonds is 14. The summed E-state index contributed by atoms with van der Waals surface area (Å²) in [6, 6.07) is 0. The van der Waals surface area contributed by atoms with E-state index in [0.29, 0.717) is 12.0 Å². The molecule has 0 aliphatic rings. The summed E-state index contributed by atoms with van der Waals surface area (Å²) < 4.78 is 0. The lowest BCUT2D eigenvalue weighted by Crippen LogP contribution is -2.23. The minimum atomic E-state index is 0.466. The number of allylic oxidation sites excluding steroid dienone is 3. The first-order chi connectivity index (χ1) is 11.1. The largest absolute Gasteiger partial charge is 0.327 e. The lowest BCUT2D eigenvalue weighted by molar-refractivity contribution is 0.252. The highest BCUT2D eigenvalue weighted by molar-refractivity contribution is 5.13. The van der Waals surface area contributed by atoms with Crippen LogP contribution in [-0.2, 0) is 0 Å². The van der Waals surface area contributed by atoms with E-state index in [9.17, 15) is 0 Å². The average Bonchev–Trinajstić information content (AvgIpc) is 2.54. The van der Waals surface area contributed by atoms with E-state index in [4.69, 9.17) is 5.73 Å². The molecule has 136 valence electrons. The lowest BCUT2D eigenvalue weighted by atomic mass is 9.69. The molecule has 0 saturated heterocycles. The van der Waals surface area contributed by atoms with Gasteiger partial charge in [0.2, 0.25) is 0 Å². The van der Waals surface area contributed by atoms with Gasteiger partial charge in [-0.1, -0.05) is 82.6 Å². The van der Waals surface area contributed by atoms with Gasteiger partial charge in [-0.15, -0.1) is 0 Å². The monoisotopic (exact) mass is 321 g/mol. The highest BCUT2D eigenvalue weighted by atomic mass is 14.5. The SMILES string of the molecule is CCCCC(CCCC)(CCCC)C(C)=CCCC(C)=CCN. The van der Waals surface area contributed by atoms with Crippen LogP contribution in [0.25, 0.3) is 0 Å². The molecule has 2 N–H and O–H groups in total. The molecule has 0 bridgehead atoms. The van der Waals surface area contributed by atoms with Crippen LogP contribution in [0.5, 0.6) is 0 Å². The molecule has 1 heteroatoms. The van der Waals surface area contributed by atoms with Crippen molar-refractivity contribution in [2.45, 2.75) is 105 Å². The summed E-state index contributed by atoms with van der Waals surface area (Å²) in [5.41, 5.74) is 9.16. The van der Waals surface area contributed by atoms with Gasteiger partial charge in [0.1, 0.15) is 0 Å². The Morgan fingerprint density at radius 1 is 0.826 bits per heavy atom. The molecule has 0 saturated carbocycles. The second-order valence-electron chi connectivity index (χ2n) is 7.30. The summed E-state index contributed by atoms with van der Waals surface area (Å²) in [7, 11) is 0. The van der Waals surface area contributed by atoms with Crippen molar-refractivity contribution in [1.82, 2.24) is 0 Å². The first-order valence-electron chi connectivity index (χ1n) is 10.1. The minimum absolute atomic E-state index is 0.466. The number of hydrogen-bond acceptors (Lipinski definition) is 1. The lowest BCUT2D eigenvalue weighted by Gasteiger charge is -2.36. The zero-order valence-electron chi connectivity index (χ0n) is 16.7. The third kappa shape index (κ3) is 9.35. The Bertz CT molecular complexity index is 316. The third-order valence-corrected chi connectivity index (χ3v) is 5.32. The fourth-order valence-electron chi connectivity index (χ4n) is 3.55. The Hall–Kier alpha value is -0.560. The van der Waals surface area contributed by atoms with Gasteiger partial charge in [-0.3, -0.25) is 0 Å². The quantitative estimate of drug-likeness (QED) is 0.337. The van der Waals surface area contributed by atoms with Crippen LogP contribution in [0.1, 0.15) is 105 Å². The predicted molar refractivity (Wildman–Crippen MR) is 107 cm³/mol. The molecule has 0 unspecified atom stereocenters. The molecule has 0 amide bonds. The molecule has 1 nitrogen and oxygen atoms in total. The predicted octanol–water partition coefficient (Wildman–Crippen LogP) is 7.17. The molecule has 0 radical (unpaired) electrons. The first kappa shape index (κ1) is 22.4. The number of unbranched alkanes of at least 4 members (excludes halogenated alkanes) is 3. The number of nitrogens with two attached hydrogens (primary N) is 1. The van der Waals surface area contributed by atoms with E-state index < -0.39 is 0 Å². The highest BCUT2D eigenvalue weighted by Crippen LogP contribution is 2.43. The fraction of sp³-hybridized carbons (Fsp3) is 0.818. The molecule has 0 aromatic rings. The van der Waals surface area contributed by atoms with Crippen LogP contribution in [0.3, 0.4) is 0 Å². The van der Waals surface area contributed by atoms with E-state index in [1.165, 1.54) is 69.8 Å². The Balaban J connectivity index is 5.04. The van der Waals surface area contributed by atoms with E-state index in [0.717, 1.165) is 6.42 Å². The van der Waals surface area contributed by atoms with Crippen LogP contribution < -0.4 is 5.73 Å². The summed E-state index contributed by atoms with van der Waals surface area (Å²) in [4.78, 5) is 0. The Morgan fingerprint density at radius 3 is 1.70 bits per heavy atom. The molecule has 0 atom stereocenters. The van der Waals surface area contributed by atoms with Gasteiger partial charge in [0.15, 0.2) is 0 Å². The molecule has 0 rings (SSSR count). The van der Waals surface area contributed by atoms with Crippen molar-refractivity contribution in [2.75, 3.05) is 6.54 Å². The van der Waals surface area contributed by atoms with E-state index in [1.807, 2.05) is 0 Å². The maximum Gasteiger partial charge on any atom is 0.0109 e. The van der Waals surface area contributed by atoms with Gasteiger partial charge in [-0.2, -0.15) is 0 Å². The molecular formula is C22H43N. The van der Waals surface area contributed by atoms with Crippen LogP contribution in [0.4, 0.5) is 0 Å². The smallest absolute Gasteiger partial charge is 0.0109 e. The third-order valence-electron chi connectivity index (χ3n) is 5.32. The molecule has 0 heterocycles. The van der Waals surface area contributed by atoms with E-state index >= 15 is 0 Å². The van der Waals surface area contributed by atoms with Gasteiger partial charge in [-0.05, 0) is 51.4 Å². The van der Waals surface area contributed by atoms with Crippen molar-refractivity contribution in [3.8, 4) is 0 Å². The van der Waals surface area contributed by atoms with Crippen molar-refractivity contribution in [2.24, 2.45) is 11.1 Å². The molecular weight excluding hydrogens is 278 g/mol. The molecule has 0 aromatic heterocycles. The second-order valence-corrected chi connectivity index (χ2v) is 7.30. The summed E-state index contributed by atoms with van der Waals surface area (Å²) >= 11 is 0. The molecule has 0 aliphatic heterocycles. The van der Waals surface area contributed by atoms with Gasteiger partial charge in [0, 0.05) is 6.54 Å². The normalized spacial score (nSPS) is 13.7. The van der Waals surface area contributed by atoms with Crippen LogP contribution in [0.2, 0.25) is 0 Å².